The van der Waals surface area contributed by atoms with Gasteiger partial charge >= 0.3 is 0 Å². The Kier molecular flexibility index (Phi) is 4.59. The van der Waals surface area contributed by atoms with Crippen LogP contribution < -0.4 is 5.32 Å². The van der Waals surface area contributed by atoms with Crippen molar-refractivity contribution < 1.29 is 9.18 Å². The van der Waals surface area contributed by atoms with Gasteiger partial charge in [-0.3, -0.25) is 4.79 Å². The Morgan fingerprint density at radius 1 is 1.38 bits per heavy atom. The van der Waals surface area contributed by atoms with Crippen molar-refractivity contribution >= 4 is 5.91 Å². The van der Waals surface area contributed by atoms with Gasteiger partial charge in [0.05, 0.1) is 17.5 Å². The van der Waals surface area contributed by atoms with E-state index >= 15 is 0 Å². The lowest BCUT2D eigenvalue weighted by Crippen LogP contribution is -2.51. The lowest BCUT2D eigenvalue weighted by Gasteiger charge is -2.38. The molecular weight excluding hydrogens is 303 g/mol. The largest absolute Gasteiger partial charge is 0.336 e. The van der Waals surface area contributed by atoms with Crippen LogP contribution in [0.2, 0.25) is 0 Å². The van der Waals surface area contributed by atoms with Crippen LogP contribution in [0.5, 0.6) is 0 Å². The van der Waals surface area contributed by atoms with Gasteiger partial charge in [0, 0.05) is 13.1 Å². The highest BCUT2D eigenvalue weighted by Gasteiger charge is 2.53. The summed E-state index contributed by atoms with van der Waals surface area (Å²) in [6.07, 6.45) is 5.79. The summed E-state index contributed by atoms with van der Waals surface area (Å²) in [5.74, 6) is -0.0161. The van der Waals surface area contributed by atoms with Crippen LogP contribution in [-0.4, -0.2) is 29.9 Å². The van der Waals surface area contributed by atoms with E-state index in [1.54, 1.807) is 6.07 Å². The first-order chi connectivity index (χ1) is 11.5. The molecule has 1 aromatic rings. The highest BCUT2D eigenvalue weighted by molar-refractivity contribution is 5.86. The Hall–Kier alpha value is -1.94. The number of piperazine rings is 1. The van der Waals surface area contributed by atoms with Crippen LogP contribution in [0.1, 0.15) is 36.4 Å². The zero-order chi connectivity index (χ0) is 17.3. The average molecular weight is 328 g/mol. The molecule has 1 N–H and O–H groups in total. The van der Waals surface area contributed by atoms with Crippen LogP contribution in [0, 0.1) is 18.2 Å². The van der Waals surface area contributed by atoms with Gasteiger partial charge in [-0.2, -0.15) is 0 Å². The first-order valence-corrected chi connectivity index (χ1v) is 8.55. The van der Waals surface area contributed by atoms with Crippen molar-refractivity contribution in [1.29, 1.82) is 0 Å². The fraction of sp³-hybridized carbons (Fsp3) is 0.450. The fourth-order valence-electron chi connectivity index (χ4n) is 4.38. The van der Waals surface area contributed by atoms with Crippen molar-refractivity contribution in [2.24, 2.45) is 5.41 Å². The quantitative estimate of drug-likeness (QED) is 0.839. The molecule has 0 spiro atoms. The highest BCUT2D eigenvalue weighted by Crippen LogP contribution is 2.47. The third-order valence-electron chi connectivity index (χ3n) is 5.45. The molecule has 0 saturated carbocycles. The zero-order valence-corrected chi connectivity index (χ0v) is 14.2. The van der Waals surface area contributed by atoms with E-state index in [9.17, 15) is 9.18 Å². The molecule has 2 atom stereocenters. The lowest BCUT2D eigenvalue weighted by molar-refractivity contribution is -0.137. The molecule has 2 aliphatic rings. The number of carbonyl (C=O) groups excluding carboxylic acids is 1. The van der Waals surface area contributed by atoms with Crippen molar-refractivity contribution in [2.45, 2.75) is 38.3 Å². The average Bonchev–Trinajstić information content (AvgIpc) is 2.81. The maximum atomic E-state index is 13.5. The second kappa shape index (κ2) is 6.52. The van der Waals surface area contributed by atoms with Crippen LogP contribution >= 0.6 is 0 Å². The molecule has 2 unspecified atom stereocenters. The molecule has 1 aromatic carbocycles. The van der Waals surface area contributed by atoms with E-state index in [4.69, 9.17) is 0 Å². The molecule has 2 fully saturated rings. The number of amides is 1. The molecule has 0 bridgehead atoms. The van der Waals surface area contributed by atoms with E-state index in [0.717, 1.165) is 30.6 Å². The number of rotatable bonds is 5. The van der Waals surface area contributed by atoms with Crippen molar-refractivity contribution in [3.05, 3.63) is 60.5 Å². The molecule has 0 aromatic heterocycles. The first kappa shape index (κ1) is 16.9. The van der Waals surface area contributed by atoms with E-state index in [-0.39, 0.29) is 23.8 Å². The summed E-state index contributed by atoms with van der Waals surface area (Å²) in [5, 5.41) is 3.54. The number of hydrogen-bond acceptors (Lipinski definition) is 2. The fourth-order valence-corrected chi connectivity index (χ4v) is 4.38. The maximum absolute atomic E-state index is 13.5. The van der Waals surface area contributed by atoms with Crippen LogP contribution in [0.25, 0.3) is 0 Å². The van der Waals surface area contributed by atoms with E-state index in [1.807, 2.05) is 30.0 Å². The molecule has 24 heavy (non-hydrogen) atoms. The Labute approximate surface area is 143 Å². The number of benzene rings is 1. The topological polar surface area (TPSA) is 32.3 Å². The Morgan fingerprint density at radius 3 is 2.71 bits per heavy atom. The second-order valence-electron chi connectivity index (χ2n) is 6.97. The lowest BCUT2D eigenvalue weighted by atomic mass is 9.77. The van der Waals surface area contributed by atoms with Gasteiger partial charge in [-0.15, -0.1) is 13.2 Å². The summed E-state index contributed by atoms with van der Waals surface area (Å²) in [6, 6.07) is 5.04. The number of allylic oxidation sites excluding steroid dienone is 2. The highest BCUT2D eigenvalue weighted by atomic mass is 19.1. The van der Waals surface area contributed by atoms with Crippen LogP contribution in [-0.2, 0) is 4.79 Å². The molecule has 3 rings (SSSR count). The normalized spacial score (nSPS) is 25.4. The van der Waals surface area contributed by atoms with Crippen molar-refractivity contribution in [1.82, 2.24) is 10.2 Å². The molecule has 2 saturated heterocycles. The summed E-state index contributed by atoms with van der Waals surface area (Å²) >= 11 is 0. The number of aryl methyl sites for hydroxylation is 1. The summed E-state index contributed by atoms with van der Waals surface area (Å²) in [4.78, 5) is 15.1. The number of carbonyl (C=O) groups is 1. The summed E-state index contributed by atoms with van der Waals surface area (Å²) < 4.78 is 13.5. The SMILES string of the molecule is C=CCC1(CC=C)CC2C(c3ccc(F)cc3C)NCCN2C1=O. The van der Waals surface area contributed by atoms with Gasteiger partial charge in [0.2, 0.25) is 5.91 Å². The minimum Gasteiger partial charge on any atom is -0.336 e. The molecule has 1 amide bonds. The summed E-state index contributed by atoms with van der Waals surface area (Å²) in [5.41, 5.74) is 1.57. The van der Waals surface area contributed by atoms with E-state index in [2.05, 4.69) is 18.5 Å². The van der Waals surface area contributed by atoms with Gasteiger partial charge in [-0.1, -0.05) is 18.2 Å². The van der Waals surface area contributed by atoms with Crippen molar-refractivity contribution in [2.75, 3.05) is 13.1 Å². The van der Waals surface area contributed by atoms with Crippen molar-refractivity contribution in [3.8, 4) is 0 Å². The minimum atomic E-state index is -0.424. The Bertz CT molecular complexity index is 660. The van der Waals surface area contributed by atoms with Gasteiger partial charge in [0.1, 0.15) is 5.82 Å². The van der Waals surface area contributed by atoms with E-state index in [0.29, 0.717) is 12.8 Å². The molecule has 0 radical (unpaired) electrons. The van der Waals surface area contributed by atoms with Gasteiger partial charge in [0.15, 0.2) is 0 Å². The number of halogens is 1. The number of fused-ring (bicyclic) bond motifs is 1. The molecule has 3 nitrogen and oxygen atoms in total. The number of nitrogens with zero attached hydrogens (tertiary/aromatic N) is 1. The first-order valence-electron chi connectivity index (χ1n) is 8.55. The molecular formula is C20H25FN2O. The molecule has 2 aliphatic heterocycles. The molecule has 4 heteroatoms. The standard InChI is InChI=1S/C20H25FN2O/c1-4-8-20(9-5-2)13-17-18(22-10-11-23(17)19(20)24)16-7-6-15(21)12-14(16)3/h4-7,12,17-18,22H,1-2,8-11,13H2,3H3. The monoisotopic (exact) mass is 328 g/mol. The summed E-state index contributed by atoms with van der Waals surface area (Å²) in [6.45, 7) is 11.1. The summed E-state index contributed by atoms with van der Waals surface area (Å²) in [7, 11) is 0. The third-order valence-corrected chi connectivity index (χ3v) is 5.45. The predicted octanol–water partition coefficient (Wildman–Crippen LogP) is 3.52. The van der Waals surface area contributed by atoms with E-state index in [1.165, 1.54) is 6.07 Å². The van der Waals surface area contributed by atoms with Gasteiger partial charge in [-0.25, -0.2) is 4.39 Å². The van der Waals surface area contributed by atoms with E-state index < -0.39 is 5.41 Å². The molecule has 2 heterocycles. The molecule has 128 valence electrons. The van der Waals surface area contributed by atoms with Crippen LogP contribution in [0.15, 0.2) is 43.5 Å². The van der Waals surface area contributed by atoms with Gasteiger partial charge in [0.25, 0.3) is 0 Å². The van der Waals surface area contributed by atoms with Gasteiger partial charge in [-0.05, 0) is 49.4 Å². The van der Waals surface area contributed by atoms with Crippen LogP contribution in [0.3, 0.4) is 0 Å². The predicted molar refractivity (Wildman–Crippen MR) is 94.1 cm³/mol. The Morgan fingerprint density at radius 2 is 2.08 bits per heavy atom. The third kappa shape index (κ3) is 2.69. The minimum absolute atomic E-state index is 0.0415. The zero-order valence-electron chi connectivity index (χ0n) is 14.2. The number of hydrogen-bond donors (Lipinski definition) is 1. The molecule has 0 aliphatic carbocycles. The second-order valence-corrected chi connectivity index (χ2v) is 6.97. The Balaban J connectivity index is 1.96. The number of nitrogens with one attached hydrogen (secondary N) is 1. The van der Waals surface area contributed by atoms with Crippen molar-refractivity contribution in [3.63, 3.8) is 0 Å². The van der Waals surface area contributed by atoms with Gasteiger partial charge < -0.3 is 10.2 Å². The van der Waals surface area contributed by atoms with Crippen LogP contribution in [0.4, 0.5) is 4.39 Å². The smallest absolute Gasteiger partial charge is 0.229 e. The maximum Gasteiger partial charge on any atom is 0.229 e.